The van der Waals surface area contributed by atoms with Gasteiger partial charge in [-0.15, -0.1) is 13.2 Å². The van der Waals surface area contributed by atoms with Crippen LogP contribution in [0.4, 0.5) is 13.2 Å². The number of alkyl halides is 3. The van der Waals surface area contributed by atoms with E-state index < -0.39 is 55.5 Å². The summed E-state index contributed by atoms with van der Waals surface area (Å²) >= 11 is 0. The van der Waals surface area contributed by atoms with Crippen molar-refractivity contribution in [2.75, 3.05) is 25.1 Å². The second-order valence-electron chi connectivity index (χ2n) is 8.46. The predicted octanol–water partition coefficient (Wildman–Crippen LogP) is 2.94. The number of sulfonamides is 1. The van der Waals surface area contributed by atoms with Crippen LogP contribution in [0.1, 0.15) is 12.8 Å². The molecular formula is C22H25F3N2O8S2. The van der Waals surface area contributed by atoms with Crippen molar-refractivity contribution in [3.63, 3.8) is 0 Å². The maximum absolute atomic E-state index is 13.0. The van der Waals surface area contributed by atoms with E-state index in [9.17, 15) is 34.8 Å². The van der Waals surface area contributed by atoms with E-state index in [0.29, 0.717) is 0 Å². The van der Waals surface area contributed by atoms with Gasteiger partial charge in [-0.05, 0) is 67.3 Å². The molecule has 1 saturated heterocycles. The SMILES string of the molecule is CS(=O)(=O)N1CCC(C(CS(=O)(=O)c2ccc(Oc3ccc(OC(F)(F)F)cc3)cc2)C(=O)NO)CC1. The van der Waals surface area contributed by atoms with Crippen molar-refractivity contribution in [1.29, 1.82) is 0 Å². The second kappa shape index (κ2) is 11.2. The van der Waals surface area contributed by atoms with Gasteiger partial charge in [0.15, 0.2) is 9.84 Å². The maximum atomic E-state index is 13.0. The molecule has 0 spiro atoms. The molecule has 0 saturated carbocycles. The Morgan fingerprint density at radius 3 is 1.95 bits per heavy atom. The van der Waals surface area contributed by atoms with Crippen molar-refractivity contribution in [3.8, 4) is 17.2 Å². The normalized spacial score (nSPS) is 16.7. The molecule has 10 nitrogen and oxygen atoms in total. The minimum absolute atomic E-state index is 0.113. The molecule has 204 valence electrons. The molecule has 2 aromatic carbocycles. The van der Waals surface area contributed by atoms with Gasteiger partial charge in [0.2, 0.25) is 15.9 Å². The number of sulfone groups is 1. The molecule has 0 bridgehead atoms. The molecule has 1 aliphatic heterocycles. The van der Waals surface area contributed by atoms with E-state index in [-0.39, 0.29) is 42.3 Å². The highest BCUT2D eigenvalue weighted by atomic mass is 32.2. The highest BCUT2D eigenvalue weighted by Crippen LogP contribution is 2.31. The largest absolute Gasteiger partial charge is 0.573 e. The lowest BCUT2D eigenvalue weighted by Gasteiger charge is -2.33. The number of carbonyl (C=O) groups excluding carboxylic acids is 1. The number of carbonyl (C=O) groups is 1. The number of rotatable bonds is 9. The zero-order valence-electron chi connectivity index (χ0n) is 19.5. The maximum Gasteiger partial charge on any atom is 0.573 e. The molecule has 0 aliphatic carbocycles. The molecule has 1 unspecified atom stereocenters. The summed E-state index contributed by atoms with van der Waals surface area (Å²) in [5.74, 6) is -3.09. The number of hydroxylamine groups is 1. The third-order valence-corrected chi connectivity index (χ3v) is 8.95. The first-order valence-corrected chi connectivity index (χ1v) is 14.4. The summed E-state index contributed by atoms with van der Waals surface area (Å²) in [4.78, 5) is 12.2. The molecule has 3 rings (SSSR count). The van der Waals surface area contributed by atoms with E-state index in [4.69, 9.17) is 9.94 Å². The van der Waals surface area contributed by atoms with Gasteiger partial charge < -0.3 is 9.47 Å². The van der Waals surface area contributed by atoms with Gasteiger partial charge in [0.25, 0.3) is 0 Å². The van der Waals surface area contributed by atoms with Crippen LogP contribution in [0, 0.1) is 11.8 Å². The van der Waals surface area contributed by atoms with Gasteiger partial charge in [0.1, 0.15) is 17.2 Å². The van der Waals surface area contributed by atoms with Gasteiger partial charge in [0.05, 0.1) is 22.8 Å². The third-order valence-electron chi connectivity index (χ3n) is 5.86. The lowest BCUT2D eigenvalue weighted by atomic mass is 9.85. The van der Waals surface area contributed by atoms with Crippen LogP contribution < -0.4 is 15.0 Å². The quantitative estimate of drug-likeness (QED) is 0.349. The highest BCUT2D eigenvalue weighted by Gasteiger charge is 2.37. The summed E-state index contributed by atoms with van der Waals surface area (Å²) in [5, 5.41) is 9.15. The van der Waals surface area contributed by atoms with Crippen LogP contribution >= 0.6 is 0 Å². The van der Waals surface area contributed by atoms with Crippen molar-refractivity contribution in [2.24, 2.45) is 11.8 Å². The Hall–Kier alpha value is -2.88. The standard InChI is InChI=1S/C22H25F3N2O8S2/c1-36(30,31)27-12-10-15(11-13-27)20(21(28)26-29)14-37(32,33)19-8-6-17(7-9-19)34-16-2-4-18(5-3-16)35-22(23,24)25/h2-9,15,20,29H,10-14H2,1H3,(H,26,28). The van der Waals surface area contributed by atoms with Crippen LogP contribution in [-0.4, -0.2) is 63.7 Å². The van der Waals surface area contributed by atoms with E-state index >= 15 is 0 Å². The summed E-state index contributed by atoms with van der Waals surface area (Å²) in [6.07, 6.45) is -3.25. The molecule has 1 atom stereocenters. The van der Waals surface area contributed by atoms with Gasteiger partial charge >= 0.3 is 6.36 Å². The van der Waals surface area contributed by atoms with Crippen LogP contribution in [0.2, 0.25) is 0 Å². The Kier molecular flexibility index (Phi) is 8.72. The van der Waals surface area contributed by atoms with Gasteiger partial charge in [-0.3, -0.25) is 10.0 Å². The molecule has 0 radical (unpaired) electrons. The number of nitrogens with one attached hydrogen (secondary N) is 1. The van der Waals surface area contributed by atoms with E-state index in [2.05, 4.69) is 4.74 Å². The summed E-state index contributed by atoms with van der Waals surface area (Å²) in [7, 11) is -7.41. The number of halogens is 3. The van der Waals surface area contributed by atoms with Crippen molar-refractivity contribution < 1.29 is 49.5 Å². The Bertz CT molecular complexity index is 1290. The zero-order chi connectivity index (χ0) is 27.4. The van der Waals surface area contributed by atoms with Crippen LogP contribution in [0.25, 0.3) is 0 Å². The Morgan fingerprint density at radius 2 is 1.49 bits per heavy atom. The van der Waals surface area contributed by atoms with E-state index in [1.807, 2.05) is 0 Å². The Morgan fingerprint density at radius 1 is 1.00 bits per heavy atom. The van der Waals surface area contributed by atoms with E-state index in [1.54, 1.807) is 0 Å². The van der Waals surface area contributed by atoms with Crippen molar-refractivity contribution in [3.05, 3.63) is 48.5 Å². The lowest BCUT2D eigenvalue weighted by molar-refractivity contribution is -0.274. The van der Waals surface area contributed by atoms with Crippen LogP contribution in [0.5, 0.6) is 17.2 Å². The zero-order valence-corrected chi connectivity index (χ0v) is 21.1. The number of amides is 1. The number of ether oxygens (including phenoxy) is 2. The van der Waals surface area contributed by atoms with Crippen molar-refractivity contribution in [2.45, 2.75) is 24.1 Å². The predicted molar refractivity (Wildman–Crippen MR) is 124 cm³/mol. The monoisotopic (exact) mass is 566 g/mol. The summed E-state index contributed by atoms with van der Waals surface area (Å²) < 4.78 is 96.9. The fourth-order valence-corrected chi connectivity index (χ4v) is 6.53. The molecule has 0 aromatic heterocycles. The molecule has 1 amide bonds. The van der Waals surface area contributed by atoms with E-state index in [1.165, 1.54) is 46.2 Å². The van der Waals surface area contributed by atoms with Gasteiger partial charge in [-0.25, -0.2) is 26.6 Å². The molecular weight excluding hydrogens is 541 g/mol. The number of hydrogen-bond donors (Lipinski definition) is 2. The molecule has 15 heteroatoms. The summed E-state index contributed by atoms with van der Waals surface area (Å²) in [5.41, 5.74) is 1.50. The smallest absolute Gasteiger partial charge is 0.457 e. The van der Waals surface area contributed by atoms with Gasteiger partial charge in [-0.2, -0.15) is 0 Å². The minimum atomic E-state index is -4.83. The molecule has 2 aromatic rings. The summed E-state index contributed by atoms with van der Waals surface area (Å²) in [6, 6.07) is 9.83. The summed E-state index contributed by atoms with van der Waals surface area (Å²) in [6.45, 7) is 0.266. The minimum Gasteiger partial charge on any atom is -0.457 e. The van der Waals surface area contributed by atoms with Crippen LogP contribution in [0.3, 0.4) is 0 Å². The molecule has 37 heavy (non-hydrogen) atoms. The molecule has 1 aliphatic rings. The lowest BCUT2D eigenvalue weighted by Crippen LogP contribution is -2.44. The molecule has 2 N–H and O–H groups in total. The van der Waals surface area contributed by atoms with Crippen LogP contribution in [-0.2, 0) is 24.7 Å². The molecule has 1 fully saturated rings. The Balaban J connectivity index is 1.68. The van der Waals surface area contributed by atoms with Crippen molar-refractivity contribution in [1.82, 2.24) is 9.79 Å². The fourth-order valence-electron chi connectivity index (χ4n) is 4.01. The first-order chi connectivity index (χ1) is 17.2. The number of nitrogens with zero attached hydrogens (tertiary/aromatic N) is 1. The van der Waals surface area contributed by atoms with Crippen molar-refractivity contribution >= 4 is 25.8 Å². The fraction of sp³-hybridized carbons (Fsp3) is 0.409. The highest BCUT2D eigenvalue weighted by molar-refractivity contribution is 7.91. The van der Waals surface area contributed by atoms with Crippen LogP contribution in [0.15, 0.2) is 53.4 Å². The van der Waals surface area contributed by atoms with E-state index in [0.717, 1.165) is 18.4 Å². The number of benzene rings is 2. The first-order valence-electron chi connectivity index (χ1n) is 10.9. The number of piperidine rings is 1. The first kappa shape index (κ1) is 28.7. The molecule has 1 heterocycles. The average molecular weight is 567 g/mol. The Labute approximate surface area is 211 Å². The van der Waals surface area contributed by atoms with Gasteiger partial charge in [0, 0.05) is 13.1 Å². The number of hydrogen-bond acceptors (Lipinski definition) is 8. The average Bonchev–Trinajstić information content (AvgIpc) is 2.82. The third kappa shape index (κ3) is 8.05. The van der Waals surface area contributed by atoms with Gasteiger partial charge in [-0.1, -0.05) is 0 Å². The second-order valence-corrected chi connectivity index (χ2v) is 12.5. The topological polar surface area (TPSA) is 139 Å².